The van der Waals surface area contributed by atoms with Gasteiger partial charge >= 0.3 is 0 Å². The Morgan fingerprint density at radius 1 is 0.882 bits per heavy atom. The van der Waals surface area contributed by atoms with Crippen molar-refractivity contribution in [2.45, 2.75) is 38.1 Å². The molecule has 3 heterocycles. The average molecular weight is 237 g/mol. The van der Waals surface area contributed by atoms with Crippen LogP contribution in [-0.2, 0) is 0 Å². The third-order valence-corrected chi connectivity index (χ3v) is 4.95. The van der Waals surface area contributed by atoms with Gasteiger partial charge in [0, 0.05) is 25.7 Å². The molecule has 98 valence electrons. The van der Waals surface area contributed by atoms with E-state index in [2.05, 4.69) is 15.1 Å². The van der Waals surface area contributed by atoms with Crippen LogP contribution in [0.25, 0.3) is 0 Å². The smallest absolute Gasteiger partial charge is 0.0261 e. The third kappa shape index (κ3) is 2.83. The number of hydrogen-bond donors (Lipinski definition) is 1. The van der Waals surface area contributed by atoms with E-state index in [9.17, 15) is 0 Å². The molecule has 0 aromatic rings. The Morgan fingerprint density at radius 3 is 2.65 bits per heavy atom. The molecule has 1 N–H and O–H groups in total. The van der Waals surface area contributed by atoms with Gasteiger partial charge in [-0.3, -0.25) is 4.90 Å². The van der Waals surface area contributed by atoms with Crippen molar-refractivity contribution in [3.05, 3.63) is 0 Å². The molecule has 0 amide bonds. The molecule has 0 saturated carbocycles. The first kappa shape index (κ1) is 11.9. The van der Waals surface area contributed by atoms with E-state index in [0.29, 0.717) is 0 Å². The highest BCUT2D eigenvalue weighted by Crippen LogP contribution is 2.26. The van der Waals surface area contributed by atoms with E-state index in [-0.39, 0.29) is 0 Å². The van der Waals surface area contributed by atoms with Gasteiger partial charge in [0.15, 0.2) is 0 Å². The van der Waals surface area contributed by atoms with Crippen molar-refractivity contribution >= 4 is 0 Å². The molecule has 0 aromatic carbocycles. The summed E-state index contributed by atoms with van der Waals surface area (Å²) in [7, 11) is 0. The average Bonchev–Trinajstić information content (AvgIpc) is 2.86. The SMILES string of the molecule is C1CCN(CCN2CCCC3CNCC32)CC1. The molecule has 0 aromatic heterocycles. The molecule has 0 spiro atoms. The van der Waals surface area contributed by atoms with E-state index in [1.54, 1.807) is 0 Å². The van der Waals surface area contributed by atoms with Crippen LogP contribution in [0.3, 0.4) is 0 Å². The number of rotatable bonds is 3. The van der Waals surface area contributed by atoms with Crippen molar-refractivity contribution in [2.75, 3.05) is 45.8 Å². The fraction of sp³-hybridized carbons (Fsp3) is 1.00. The fourth-order valence-corrected chi connectivity index (χ4v) is 3.89. The first-order valence-corrected chi connectivity index (χ1v) is 7.60. The van der Waals surface area contributed by atoms with Crippen molar-refractivity contribution in [1.29, 1.82) is 0 Å². The largest absolute Gasteiger partial charge is 0.315 e. The topological polar surface area (TPSA) is 18.5 Å². The van der Waals surface area contributed by atoms with Crippen LogP contribution in [0.15, 0.2) is 0 Å². The van der Waals surface area contributed by atoms with Gasteiger partial charge in [0.05, 0.1) is 0 Å². The van der Waals surface area contributed by atoms with E-state index < -0.39 is 0 Å². The van der Waals surface area contributed by atoms with Crippen LogP contribution in [0.4, 0.5) is 0 Å². The van der Waals surface area contributed by atoms with Crippen LogP contribution >= 0.6 is 0 Å². The summed E-state index contributed by atoms with van der Waals surface area (Å²) in [6.45, 7) is 9.17. The van der Waals surface area contributed by atoms with Gasteiger partial charge in [0.25, 0.3) is 0 Å². The highest BCUT2D eigenvalue weighted by molar-refractivity contribution is 4.92. The molecule has 3 heteroatoms. The van der Waals surface area contributed by atoms with Crippen molar-refractivity contribution in [3.8, 4) is 0 Å². The van der Waals surface area contributed by atoms with Crippen molar-refractivity contribution in [3.63, 3.8) is 0 Å². The molecule has 3 aliphatic heterocycles. The van der Waals surface area contributed by atoms with E-state index >= 15 is 0 Å². The van der Waals surface area contributed by atoms with Gasteiger partial charge in [0.2, 0.25) is 0 Å². The summed E-state index contributed by atoms with van der Waals surface area (Å²) in [5.74, 6) is 0.949. The van der Waals surface area contributed by atoms with E-state index in [1.165, 1.54) is 77.9 Å². The summed E-state index contributed by atoms with van der Waals surface area (Å²) in [5.41, 5.74) is 0. The molecule has 3 fully saturated rings. The predicted octanol–water partition coefficient (Wildman–Crippen LogP) is 1.16. The summed E-state index contributed by atoms with van der Waals surface area (Å²) < 4.78 is 0. The maximum atomic E-state index is 3.58. The van der Waals surface area contributed by atoms with Gasteiger partial charge in [-0.05, 0) is 57.8 Å². The molecular formula is C14H27N3. The lowest BCUT2D eigenvalue weighted by Crippen LogP contribution is -2.48. The first-order chi connectivity index (χ1) is 8.43. The Bertz CT molecular complexity index is 238. The van der Waals surface area contributed by atoms with Crippen LogP contribution in [0.1, 0.15) is 32.1 Å². The summed E-state index contributed by atoms with van der Waals surface area (Å²) in [6.07, 6.45) is 7.18. The molecule has 2 unspecified atom stereocenters. The predicted molar refractivity (Wildman–Crippen MR) is 71.2 cm³/mol. The second kappa shape index (κ2) is 5.68. The molecule has 2 atom stereocenters. The molecule has 3 saturated heterocycles. The minimum Gasteiger partial charge on any atom is -0.315 e. The van der Waals surface area contributed by atoms with Gasteiger partial charge in [-0.2, -0.15) is 0 Å². The molecule has 3 aliphatic rings. The van der Waals surface area contributed by atoms with Gasteiger partial charge in [-0.1, -0.05) is 6.42 Å². The lowest BCUT2D eigenvalue weighted by molar-refractivity contribution is 0.102. The number of likely N-dealkylation sites (tertiary alicyclic amines) is 2. The monoisotopic (exact) mass is 237 g/mol. The summed E-state index contributed by atoms with van der Waals surface area (Å²) in [5, 5.41) is 3.58. The molecule has 3 rings (SSSR count). The number of hydrogen-bond acceptors (Lipinski definition) is 3. The molecular weight excluding hydrogens is 210 g/mol. The van der Waals surface area contributed by atoms with Crippen LogP contribution in [0.2, 0.25) is 0 Å². The lowest BCUT2D eigenvalue weighted by Gasteiger charge is -2.38. The van der Waals surface area contributed by atoms with E-state index in [4.69, 9.17) is 0 Å². The van der Waals surface area contributed by atoms with E-state index in [1.807, 2.05) is 0 Å². The van der Waals surface area contributed by atoms with Gasteiger partial charge in [0.1, 0.15) is 0 Å². The number of piperidine rings is 2. The number of nitrogens with one attached hydrogen (secondary N) is 1. The minimum atomic E-state index is 0.855. The number of nitrogens with zero attached hydrogens (tertiary/aromatic N) is 2. The maximum Gasteiger partial charge on any atom is 0.0261 e. The van der Waals surface area contributed by atoms with Crippen LogP contribution in [-0.4, -0.2) is 61.7 Å². The highest BCUT2D eigenvalue weighted by Gasteiger charge is 2.34. The Labute approximate surface area is 106 Å². The third-order valence-electron chi connectivity index (χ3n) is 4.95. The van der Waals surface area contributed by atoms with Crippen molar-refractivity contribution in [2.24, 2.45) is 5.92 Å². The Balaban J connectivity index is 1.47. The zero-order chi connectivity index (χ0) is 11.5. The zero-order valence-electron chi connectivity index (χ0n) is 11.0. The first-order valence-electron chi connectivity index (χ1n) is 7.60. The van der Waals surface area contributed by atoms with Crippen molar-refractivity contribution < 1.29 is 0 Å². The molecule has 3 nitrogen and oxygen atoms in total. The van der Waals surface area contributed by atoms with Gasteiger partial charge in [-0.15, -0.1) is 0 Å². The second-order valence-corrected chi connectivity index (χ2v) is 6.07. The molecule has 0 aliphatic carbocycles. The van der Waals surface area contributed by atoms with E-state index in [0.717, 1.165) is 12.0 Å². The number of fused-ring (bicyclic) bond motifs is 1. The summed E-state index contributed by atoms with van der Waals surface area (Å²) in [6, 6.07) is 0.855. The summed E-state index contributed by atoms with van der Waals surface area (Å²) >= 11 is 0. The van der Waals surface area contributed by atoms with Gasteiger partial charge < -0.3 is 10.2 Å². The fourth-order valence-electron chi connectivity index (χ4n) is 3.89. The van der Waals surface area contributed by atoms with Crippen LogP contribution in [0, 0.1) is 5.92 Å². The maximum absolute atomic E-state index is 3.58. The molecule has 17 heavy (non-hydrogen) atoms. The quantitative estimate of drug-likeness (QED) is 0.794. The standard InChI is InChI=1S/C14H27N3/c1-2-6-16(7-3-1)9-10-17-8-4-5-13-11-15-12-14(13)17/h13-15H,1-12H2. The van der Waals surface area contributed by atoms with Crippen LogP contribution in [0.5, 0.6) is 0 Å². The van der Waals surface area contributed by atoms with Gasteiger partial charge in [-0.25, -0.2) is 0 Å². The normalized spacial score (nSPS) is 36.0. The Morgan fingerprint density at radius 2 is 1.76 bits per heavy atom. The van der Waals surface area contributed by atoms with Crippen molar-refractivity contribution in [1.82, 2.24) is 15.1 Å². The second-order valence-electron chi connectivity index (χ2n) is 6.07. The zero-order valence-corrected chi connectivity index (χ0v) is 11.0. The molecule has 0 radical (unpaired) electrons. The minimum absolute atomic E-state index is 0.855. The Kier molecular flexibility index (Phi) is 3.99. The molecule has 0 bridgehead atoms. The lowest BCUT2D eigenvalue weighted by atomic mass is 9.92. The summed E-state index contributed by atoms with van der Waals surface area (Å²) in [4.78, 5) is 5.44. The highest BCUT2D eigenvalue weighted by atomic mass is 15.2. The van der Waals surface area contributed by atoms with Crippen LogP contribution < -0.4 is 5.32 Å². The Hall–Kier alpha value is -0.120.